The molecule has 1 aliphatic carbocycles. The lowest BCUT2D eigenvalue weighted by Crippen LogP contribution is -2.62. The second-order valence-electron chi connectivity index (χ2n) is 7.86. The lowest BCUT2D eigenvalue weighted by atomic mass is 9.65. The molecule has 0 amide bonds. The third-order valence-corrected chi connectivity index (χ3v) is 5.61. The van der Waals surface area contributed by atoms with Crippen LogP contribution in [0, 0.1) is 5.92 Å². The number of nitrogens with zero attached hydrogens (tertiary/aromatic N) is 1. The van der Waals surface area contributed by atoms with Crippen molar-refractivity contribution in [1.82, 2.24) is 4.90 Å². The molecule has 0 spiro atoms. The molecule has 1 saturated carbocycles. The molecule has 3 unspecified atom stereocenters. The van der Waals surface area contributed by atoms with E-state index in [1.165, 1.54) is 19.3 Å². The Hall–Kier alpha value is -0.860. The van der Waals surface area contributed by atoms with Gasteiger partial charge in [0.25, 0.3) is 0 Å². The van der Waals surface area contributed by atoms with E-state index in [1.807, 2.05) is 6.07 Å². The van der Waals surface area contributed by atoms with Gasteiger partial charge in [-0.3, -0.25) is 4.90 Å². The fourth-order valence-corrected chi connectivity index (χ4v) is 4.60. The Morgan fingerprint density at radius 2 is 1.76 bits per heavy atom. The molecule has 0 aromatic heterocycles. The van der Waals surface area contributed by atoms with Crippen LogP contribution in [0.3, 0.4) is 0 Å². The van der Waals surface area contributed by atoms with Crippen LogP contribution in [0.25, 0.3) is 0 Å². The number of fused-ring (bicyclic) bond motifs is 1. The molecule has 1 aromatic rings. The Bertz CT molecular complexity index is 478. The summed E-state index contributed by atoms with van der Waals surface area (Å²) in [6, 6.07) is 10.9. The normalized spacial score (nSPS) is 34.5. The van der Waals surface area contributed by atoms with Crippen molar-refractivity contribution in [3.8, 4) is 0 Å². The Morgan fingerprint density at radius 3 is 2.43 bits per heavy atom. The molecule has 2 aliphatic rings. The van der Waals surface area contributed by atoms with E-state index in [2.05, 4.69) is 49.9 Å². The van der Waals surface area contributed by atoms with Crippen LogP contribution in [0.1, 0.15) is 58.4 Å². The zero-order chi connectivity index (χ0) is 15.1. The van der Waals surface area contributed by atoms with Gasteiger partial charge >= 0.3 is 0 Å². The summed E-state index contributed by atoms with van der Waals surface area (Å²) in [5, 5.41) is 11.5. The molecular formula is C19H29NO. The lowest BCUT2D eigenvalue weighted by molar-refractivity contribution is -0.140. The molecule has 2 fully saturated rings. The molecule has 0 radical (unpaired) electrons. The van der Waals surface area contributed by atoms with E-state index in [1.54, 1.807) is 0 Å². The summed E-state index contributed by atoms with van der Waals surface area (Å²) < 4.78 is 0. The molecule has 1 saturated heterocycles. The van der Waals surface area contributed by atoms with Gasteiger partial charge in [0, 0.05) is 24.0 Å². The minimum atomic E-state index is -0.631. The number of benzene rings is 1. The van der Waals surface area contributed by atoms with Crippen molar-refractivity contribution in [1.29, 1.82) is 0 Å². The number of aliphatic hydroxyl groups is 1. The van der Waals surface area contributed by atoms with Crippen molar-refractivity contribution in [2.24, 2.45) is 5.92 Å². The molecular weight excluding hydrogens is 258 g/mol. The predicted molar refractivity (Wildman–Crippen MR) is 87.2 cm³/mol. The second-order valence-corrected chi connectivity index (χ2v) is 7.86. The minimum absolute atomic E-state index is 0.193. The number of hydrogen-bond donors (Lipinski definition) is 1. The van der Waals surface area contributed by atoms with Crippen LogP contribution in [-0.2, 0) is 5.60 Å². The van der Waals surface area contributed by atoms with Crippen LogP contribution in [0.4, 0.5) is 0 Å². The van der Waals surface area contributed by atoms with Crippen molar-refractivity contribution >= 4 is 0 Å². The summed E-state index contributed by atoms with van der Waals surface area (Å²) in [6.07, 6.45) is 5.81. The fraction of sp³-hybridized carbons (Fsp3) is 0.684. The highest BCUT2D eigenvalue weighted by Gasteiger charge is 2.50. The number of piperidine rings is 1. The summed E-state index contributed by atoms with van der Waals surface area (Å²) in [6.45, 7) is 7.93. The van der Waals surface area contributed by atoms with E-state index in [4.69, 9.17) is 0 Å². The Labute approximate surface area is 129 Å². The van der Waals surface area contributed by atoms with Crippen molar-refractivity contribution in [3.63, 3.8) is 0 Å². The van der Waals surface area contributed by atoms with Gasteiger partial charge < -0.3 is 5.11 Å². The highest BCUT2D eigenvalue weighted by molar-refractivity contribution is 5.25. The Morgan fingerprint density at radius 1 is 1.10 bits per heavy atom. The predicted octanol–water partition coefficient (Wildman–Crippen LogP) is 3.94. The van der Waals surface area contributed by atoms with Gasteiger partial charge in [-0.25, -0.2) is 0 Å². The SMILES string of the molecule is CC(C)(C)N1CCC(O)(c2ccccc2)C2CCCCC21. The Balaban J connectivity index is 1.95. The lowest BCUT2D eigenvalue weighted by Gasteiger charge is -2.56. The first-order chi connectivity index (χ1) is 9.93. The summed E-state index contributed by atoms with van der Waals surface area (Å²) in [4.78, 5) is 2.65. The molecule has 0 bridgehead atoms. The van der Waals surface area contributed by atoms with Gasteiger partial charge in [-0.05, 0) is 45.6 Å². The van der Waals surface area contributed by atoms with Crippen LogP contribution in [0.15, 0.2) is 30.3 Å². The summed E-state index contributed by atoms with van der Waals surface area (Å²) in [5.41, 5.74) is 0.683. The molecule has 21 heavy (non-hydrogen) atoms. The first kappa shape index (κ1) is 15.1. The van der Waals surface area contributed by atoms with E-state index < -0.39 is 5.60 Å². The zero-order valence-corrected chi connectivity index (χ0v) is 13.7. The number of likely N-dealkylation sites (tertiary alicyclic amines) is 1. The van der Waals surface area contributed by atoms with Gasteiger partial charge in [0.1, 0.15) is 0 Å². The van der Waals surface area contributed by atoms with Gasteiger partial charge in [-0.15, -0.1) is 0 Å². The van der Waals surface area contributed by atoms with E-state index in [-0.39, 0.29) is 5.54 Å². The molecule has 1 heterocycles. The topological polar surface area (TPSA) is 23.5 Å². The standard InChI is InChI=1S/C19H29NO/c1-18(2,3)20-14-13-19(21,15-9-5-4-6-10-15)16-11-7-8-12-17(16)20/h4-6,9-10,16-17,21H,7-8,11-14H2,1-3H3. The van der Waals surface area contributed by atoms with Gasteiger partial charge in [0.15, 0.2) is 0 Å². The average molecular weight is 287 g/mol. The first-order valence-corrected chi connectivity index (χ1v) is 8.47. The molecule has 3 atom stereocenters. The first-order valence-electron chi connectivity index (χ1n) is 8.47. The number of hydrogen-bond acceptors (Lipinski definition) is 2. The Kier molecular flexibility index (Phi) is 3.87. The average Bonchev–Trinajstić information content (AvgIpc) is 2.47. The van der Waals surface area contributed by atoms with Crippen LogP contribution < -0.4 is 0 Å². The molecule has 1 N–H and O–H groups in total. The highest BCUT2D eigenvalue weighted by Crippen LogP contribution is 2.48. The highest BCUT2D eigenvalue weighted by atomic mass is 16.3. The van der Waals surface area contributed by atoms with Crippen molar-refractivity contribution < 1.29 is 5.11 Å². The third-order valence-electron chi connectivity index (χ3n) is 5.61. The van der Waals surface area contributed by atoms with Gasteiger partial charge in [-0.2, -0.15) is 0 Å². The maximum Gasteiger partial charge on any atom is 0.0951 e. The zero-order valence-electron chi connectivity index (χ0n) is 13.7. The summed E-state index contributed by atoms with van der Waals surface area (Å²) in [5.74, 6) is 0.377. The van der Waals surface area contributed by atoms with E-state index in [0.29, 0.717) is 12.0 Å². The van der Waals surface area contributed by atoms with Gasteiger partial charge in [0.2, 0.25) is 0 Å². The fourth-order valence-electron chi connectivity index (χ4n) is 4.60. The maximum absolute atomic E-state index is 11.5. The second kappa shape index (κ2) is 5.40. The van der Waals surface area contributed by atoms with Gasteiger partial charge in [-0.1, -0.05) is 43.2 Å². The number of rotatable bonds is 1. The summed E-state index contributed by atoms with van der Waals surface area (Å²) in [7, 11) is 0. The molecule has 1 aromatic carbocycles. The van der Waals surface area contributed by atoms with E-state index in [9.17, 15) is 5.11 Å². The van der Waals surface area contributed by atoms with Crippen molar-refractivity contribution in [2.75, 3.05) is 6.54 Å². The third kappa shape index (κ3) is 2.64. The van der Waals surface area contributed by atoms with E-state index >= 15 is 0 Å². The minimum Gasteiger partial charge on any atom is -0.385 e. The van der Waals surface area contributed by atoms with E-state index in [0.717, 1.165) is 24.9 Å². The van der Waals surface area contributed by atoms with Crippen molar-refractivity contribution in [3.05, 3.63) is 35.9 Å². The van der Waals surface area contributed by atoms with Crippen LogP contribution in [0.2, 0.25) is 0 Å². The quantitative estimate of drug-likeness (QED) is 0.846. The molecule has 116 valence electrons. The monoisotopic (exact) mass is 287 g/mol. The van der Waals surface area contributed by atoms with Crippen LogP contribution in [0.5, 0.6) is 0 Å². The largest absolute Gasteiger partial charge is 0.385 e. The smallest absolute Gasteiger partial charge is 0.0951 e. The summed E-state index contributed by atoms with van der Waals surface area (Å²) >= 11 is 0. The van der Waals surface area contributed by atoms with Crippen molar-refractivity contribution in [2.45, 2.75) is 70.1 Å². The maximum atomic E-state index is 11.5. The van der Waals surface area contributed by atoms with Gasteiger partial charge in [0.05, 0.1) is 5.60 Å². The molecule has 2 heteroatoms. The molecule has 2 nitrogen and oxygen atoms in total. The van der Waals surface area contributed by atoms with Crippen LogP contribution in [-0.4, -0.2) is 28.1 Å². The molecule has 3 rings (SSSR count). The molecule has 1 aliphatic heterocycles. The van der Waals surface area contributed by atoms with Crippen LogP contribution >= 0.6 is 0 Å².